The molecule has 0 atom stereocenters. The van der Waals surface area contributed by atoms with Crippen LogP contribution in [0.15, 0.2) is 0 Å². The van der Waals surface area contributed by atoms with Crippen LogP contribution < -0.4 is 11.1 Å². The summed E-state index contributed by atoms with van der Waals surface area (Å²) in [7, 11) is 1.20. The van der Waals surface area contributed by atoms with Crippen molar-refractivity contribution in [1.82, 2.24) is 4.98 Å². The van der Waals surface area contributed by atoms with Crippen LogP contribution in [0.1, 0.15) is 27.1 Å². The molecule has 3 N–H and O–H groups in total. The summed E-state index contributed by atoms with van der Waals surface area (Å²) >= 11 is 0.973. The molecule has 1 aromatic heterocycles. The fourth-order valence-corrected chi connectivity index (χ4v) is 1.88. The van der Waals surface area contributed by atoms with E-state index in [-0.39, 0.29) is 28.0 Å². The lowest BCUT2D eigenvalue weighted by atomic mass is 10.3. The molecule has 0 saturated carbocycles. The van der Waals surface area contributed by atoms with Gasteiger partial charge >= 0.3 is 5.97 Å². The normalized spacial score (nSPS) is 9.76. The lowest BCUT2D eigenvalue weighted by Crippen LogP contribution is -2.21. The number of esters is 1. The zero-order valence-corrected chi connectivity index (χ0v) is 10.1. The van der Waals surface area contributed by atoms with Gasteiger partial charge in [-0.15, -0.1) is 0 Å². The van der Waals surface area contributed by atoms with Crippen LogP contribution in [0.3, 0.4) is 0 Å². The summed E-state index contributed by atoms with van der Waals surface area (Å²) in [4.78, 5) is 37.3. The number of nitrogens with zero attached hydrogens (tertiary/aromatic N) is 1. The maximum absolute atomic E-state index is 11.3. The minimum atomic E-state index is -0.696. The highest BCUT2D eigenvalue weighted by atomic mass is 32.1. The Morgan fingerprint density at radius 3 is 2.59 bits per heavy atom. The van der Waals surface area contributed by atoms with Crippen LogP contribution in [0.4, 0.5) is 5.13 Å². The molecule has 0 bridgehead atoms. The van der Waals surface area contributed by atoms with Crippen molar-refractivity contribution >= 4 is 34.1 Å². The Kier molecular flexibility index (Phi) is 4.16. The number of ether oxygens (including phenoxy) is 1. The standard InChI is InChI=1S/C9H11N3O4S/c1-4(13)7-6(8(15)16-2)12-9(17-7)11-3-5(10)14/h3H2,1-2H3,(H2,10,14)(H,11,12). The van der Waals surface area contributed by atoms with Gasteiger partial charge in [0.15, 0.2) is 16.6 Å². The maximum atomic E-state index is 11.3. The number of nitrogens with two attached hydrogens (primary N) is 1. The van der Waals surface area contributed by atoms with Crippen LogP contribution in [0, 0.1) is 0 Å². The molecule has 17 heavy (non-hydrogen) atoms. The number of Topliss-reactive ketones (excluding diaryl/α,β-unsaturated/α-hetero) is 1. The van der Waals surface area contributed by atoms with Crippen molar-refractivity contribution in [3.05, 3.63) is 10.6 Å². The molecule has 0 fully saturated rings. The highest BCUT2D eigenvalue weighted by Gasteiger charge is 2.21. The van der Waals surface area contributed by atoms with Gasteiger partial charge in [-0.1, -0.05) is 11.3 Å². The molecule has 0 saturated heterocycles. The molecule has 1 aromatic rings. The minimum Gasteiger partial charge on any atom is -0.464 e. The van der Waals surface area contributed by atoms with Gasteiger partial charge in [0.2, 0.25) is 5.91 Å². The molecule has 7 nitrogen and oxygen atoms in total. The predicted molar refractivity (Wildman–Crippen MR) is 61.1 cm³/mol. The van der Waals surface area contributed by atoms with Gasteiger partial charge < -0.3 is 15.8 Å². The molecule has 0 spiro atoms. The number of methoxy groups -OCH3 is 1. The number of amides is 1. The van der Waals surface area contributed by atoms with Crippen LogP contribution in [0.25, 0.3) is 0 Å². The molecule has 0 aliphatic heterocycles. The summed E-state index contributed by atoms with van der Waals surface area (Å²) in [6, 6.07) is 0. The molecule has 0 aromatic carbocycles. The zero-order valence-electron chi connectivity index (χ0n) is 9.27. The second kappa shape index (κ2) is 5.39. The number of carbonyl (C=O) groups excluding carboxylic acids is 3. The number of nitrogens with one attached hydrogen (secondary N) is 1. The molecule has 0 unspecified atom stereocenters. The fourth-order valence-electron chi connectivity index (χ4n) is 1.03. The number of primary amides is 1. The Hall–Kier alpha value is -1.96. The number of carbonyl (C=O) groups is 3. The third-order valence-corrected chi connectivity index (χ3v) is 2.85. The van der Waals surface area contributed by atoms with Crippen LogP contribution in [-0.4, -0.2) is 36.3 Å². The lowest BCUT2D eigenvalue weighted by molar-refractivity contribution is -0.116. The van der Waals surface area contributed by atoms with Crippen molar-refractivity contribution in [2.24, 2.45) is 5.73 Å². The molecular weight excluding hydrogens is 246 g/mol. The molecule has 92 valence electrons. The first-order chi connectivity index (χ1) is 7.95. The van der Waals surface area contributed by atoms with Gasteiger partial charge in [0, 0.05) is 6.92 Å². The molecule has 1 amide bonds. The van der Waals surface area contributed by atoms with Crippen molar-refractivity contribution in [2.45, 2.75) is 6.92 Å². The second-order valence-corrected chi connectivity index (χ2v) is 4.06. The summed E-state index contributed by atoms with van der Waals surface area (Å²) in [5.74, 6) is -1.56. The van der Waals surface area contributed by atoms with Gasteiger partial charge in [-0.25, -0.2) is 9.78 Å². The van der Waals surface area contributed by atoms with Crippen molar-refractivity contribution in [2.75, 3.05) is 19.0 Å². The number of rotatable bonds is 5. The monoisotopic (exact) mass is 257 g/mol. The highest BCUT2D eigenvalue weighted by molar-refractivity contribution is 7.17. The predicted octanol–water partition coefficient (Wildman–Crippen LogP) is 0.0295. The van der Waals surface area contributed by atoms with Crippen LogP contribution in [0.5, 0.6) is 0 Å². The molecule has 8 heteroatoms. The van der Waals surface area contributed by atoms with Crippen molar-refractivity contribution in [1.29, 1.82) is 0 Å². The Balaban J connectivity index is 2.99. The maximum Gasteiger partial charge on any atom is 0.358 e. The first kappa shape index (κ1) is 13.1. The Morgan fingerprint density at radius 1 is 1.47 bits per heavy atom. The summed E-state index contributed by atoms with van der Waals surface area (Å²) in [6.45, 7) is 1.20. The quantitative estimate of drug-likeness (QED) is 0.568. The van der Waals surface area contributed by atoms with E-state index in [1.165, 1.54) is 14.0 Å². The van der Waals surface area contributed by atoms with E-state index in [0.717, 1.165) is 11.3 Å². The van der Waals surface area contributed by atoms with Crippen LogP contribution in [-0.2, 0) is 9.53 Å². The van der Waals surface area contributed by atoms with Crippen LogP contribution >= 0.6 is 11.3 Å². The fraction of sp³-hybridized carbons (Fsp3) is 0.333. The van der Waals surface area contributed by atoms with E-state index in [0.29, 0.717) is 0 Å². The first-order valence-corrected chi connectivity index (χ1v) is 5.39. The van der Waals surface area contributed by atoms with Crippen LogP contribution in [0.2, 0.25) is 0 Å². The zero-order chi connectivity index (χ0) is 13.0. The summed E-state index contributed by atoms with van der Waals surface area (Å²) in [5, 5.41) is 2.88. The Morgan fingerprint density at radius 2 is 2.12 bits per heavy atom. The number of hydrogen-bond acceptors (Lipinski definition) is 7. The summed E-state index contributed by atoms with van der Waals surface area (Å²) in [5.41, 5.74) is 4.89. The molecule has 0 aliphatic carbocycles. The van der Waals surface area contributed by atoms with Gasteiger partial charge in [0.05, 0.1) is 13.7 Å². The molecule has 1 heterocycles. The van der Waals surface area contributed by atoms with Crippen molar-refractivity contribution in [3.8, 4) is 0 Å². The molecule has 0 aliphatic rings. The average molecular weight is 257 g/mol. The van der Waals surface area contributed by atoms with E-state index < -0.39 is 11.9 Å². The van der Waals surface area contributed by atoms with Gasteiger partial charge in [-0.3, -0.25) is 9.59 Å². The molecule has 0 radical (unpaired) electrons. The smallest absolute Gasteiger partial charge is 0.358 e. The minimum absolute atomic E-state index is 0.0584. The van der Waals surface area contributed by atoms with Gasteiger partial charge in [0.1, 0.15) is 4.88 Å². The topological polar surface area (TPSA) is 111 Å². The first-order valence-electron chi connectivity index (χ1n) is 4.58. The Bertz CT molecular complexity index is 469. The van der Waals surface area contributed by atoms with E-state index in [4.69, 9.17) is 5.73 Å². The van der Waals surface area contributed by atoms with Gasteiger partial charge in [-0.05, 0) is 0 Å². The SMILES string of the molecule is COC(=O)c1nc(NCC(N)=O)sc1C(C)=O. The number of ketones is 1. The third kappa shape index (κ3) is 3.25. The average Bonchev–Trinajstić information content (AvgIpc) is 2.69. The summed E-state index contributed by atoms with van der Waals surface area (Å²) < 4.78 is 4.50. The third-order valence-electron chi connectivity index (χ3n) is 1.74. The van der Waals surface area contributed by atoms with E-state index in [9.17, 15) is 14.4 Å². The number of anilines is 1. The van der Waals surface area contributed by atoms with E-state index in [1.807, 2.05) is 0 Å². The van der Waals surface area contributed by atoms with E-state index in [1.54, 1.807) is 0 Å². The van der Waals surface area contributed by atoms with Crippen molar-refractivity contribution < 1.29 is 19.1 Å². The molecule has 1 rings (SSSR count). The van der Waals surface area contributed by atoms with E-state index >= 15 is 0 Å². The lowest BCUT2D eigenvalue weighted by Gasteiger charge is -1.96. The number of aromatic nitrogens is 1. The Labute approximate surface area is 101 Å². The highest BCUT2D eigenvalue weighted by Crippen LogP contribution is 2.23. The second-order valence-electron chi connectivity index (χ2n) is 3.06. The number of thiazole rings is 1. The van der Waals surface area contributed by atoms with E-state index in [2.05, 4.69) is 15.0 Å². The van der Waals surface area contributed by atoms with Gasteiger partial charge in [0.25, 0.3) is 0 Å². The number of hydrogen-bond donors (Lipinski definition) is 2. The molecular formula is C9H11N3O4S. The van der Waals surface area contributed by atoms with Gasteiger partial charge in [-0.2, -0.15) is 0 Å². The summed E-state index contributed by atoms with van der Waals surface area (Å²) in [6.07, 6.45) is 0. The van der Waals surface area contributed by atoms with Crippen molar-refractivity contribution in [3.63, 3.8) is 0 Å². The largest absolute Gasteiger partial charge is 0.464 e.